The Bertz CT molecular complexity index is 303. The summed E-state index contributed by atoms with van der Waals surface area (Å²) in [7, 11) is 1.91. The van der Waals surface area contributed by atoms with Crippen molar-refractivity contribution in [1.29, 1.82) is 0 Å². The maximum absolute atomic E-state index is 5.63. The van der Waals surface area contributed by atoms with Gasteiger partial charge in [0, 0.05) is 19.4 Å². The van der Waals surface area contributed by atoms with Crippen LogP contribution in [0.5, 0.6) is 0 Å². The predicted molar refractivity (Wildman–Crippen MR) is 48.4 cm³/mol. The van der Waals surface area contributed by atoms with E-state index in [1.54, 1.807) is 6.20 Å². The van der Waals surface area contributed by atoms with Crippen LogP contribution in [0.4, 0.5) is 0 Å². The highest BCUT2D eigenvalue weighted by atomic mass is 15.0. The van der Waals surface area contributed by atoms with E-state index in [0.717, 1.165) is 12.2 Å². The molecule has 12 heavy (non-hydrogen) atoms. The van der Waals surface area contributed by atoms with E-state index >= 15 is 0 Å². The van der Waals surface area contributed by atoms with Crippen molar-refractivity contribution in [3.05, 3.63) is 18.2 Å². The van der Waals surface area contributed by atoms with E-state index in [1.807, 2.05) is 24.7 Å². The fourth-order valence-electron chi connectivity index (χ4n) is 0.745. The van der Waals surface area contributed by atoms with Gasteiger partial charge < -0.3 is 10.3 Å². The van der Waals surface area contributed by atoms with Crippen LogP contribution in [0.1, 0.15) is 19.2 Å². The van der Waals surface area contributed by atoms with Crippen LogP contribution in [-0.2, 0) is 7.05 Å². The Balaban J connectivity index is 2.72. The van der Waals surface area contributed by atoms with E-state index in [1.165, 1.54) is 0 Å². The lowest BCUT2D eigenvalue weighted by Gasteiger charge is -1.95. The van der Waals surface area contributed by atoms with Gasteiger partial charge in [-0.1, -0.05) is 12.8 Å². The van der Waals surface area contributed by atoms with Crippen LogP contribution in [-0.4, -0.2) is 15.6 Å². The van der Waals surface area contributed by atoms with Crippen molar-refractivity contribution >= 4 is 0 Å². The van der Waals surface area contributed by atoms with E-state index in [0.29, 0.717) is 0 Å². The largest absolute Gasteiger partial charge is 0.327 e. The molecule has 0 bridgehead atoms. The summed E-state index contributed by atoms with van der Waals surface area (Å²) in [4.78, 5) is 4.06. The summed E-state index contributed by atoms with van der Waals surface area (Å²) in [5, 5.41) is 0. The molecule has 0 saturated carbocycles. The normalized spacial score (nSPS) is 11.9. The average molecular weight is 163 g/mol. The third kappa shape index (κ3) is 2.11. The first-order valence-electron chi connectivity index (χ1n) is 3.98. The molecular formula is C9H13N3. The summed E-state index contributed by atoms with van der Waals surface area (Å²) in [5.74, 6) is 6.60. The minimum Gasteiger partial charge on any atom is -0.327 e. The smallest absolute Gasteiger partial charge is 0.185 e. The lowest BCUT2D eigenvalue weighted by atomic mass is 10.2. The van der Waals surface area contributed by atoms with Gasteiger partial charge in [-0.3, -0.25) is 0 Å². The molecule has 1 heterocycles. The summed E-state index contributed by atoms with van der Waals surface area (Å²) < 4.78 is 1.87. The van der Waals surface area contributed by atoms with Gasteiger partial charge in [-0.15, -0.1) is 0 Å². The molecule has 0 aliphatic carbocycles. The molecule has 1 atom stereocenters. The highest BCUT2D eigenvalue weighted by Crippen LogP contribution is 1.91. The maximum Gasteiger partial charge on any atom is 0.185 e. The Kier molecular flexibility index (Phi) is 2.89. The Morgan fingerprint density at radius 3 is 3.00 bits per heavy atom. The molecule has 0 aliphatic rings. The average Bonchev–Trinajstić information content (AvgIpc) is 2.47. The lowest BCUT2D eigenvalue weighted by molar-refractivity contribution is 0.804. The molecule has 0 amide bonds. The second-order valence-corrected chi connectivity index (χ2v) is 2.65. The van der Waals surface area contributed by atoms with Crippen LogP contribution >= 0.6 is 0 Å². The number of nitrogens with zero attached hydrogens (tertiary/aromatic N) is 2. The van der Waals surface area contributed by atoms with Gasteiger partial charge in [0.15, 0.2) is 5.82 Å². The van der Waals surface area contributed by atoms with Crippen molar-refractivity contribution in [1.82, 2.24) is 9.55 Å². The Morgan fingerprint density at radius 1 is 1.75 bits per heavy atom. The quantitative estimate of drug-likeness (QED) is 0.613. The summed E-state index contributed by atoms with van der Waals surface area (Å²) in [5.41, 5.74) is 5.63. The number of rotatable bonds is 1. The van der Waals surface area contributed by atoms with Gasteiger partial charge in [-0.2, -0.15) is 0 Å². The highest BCUT2D eigenvalue weighted by Gasteiger charge is 1.93. The first-order chi connectivity index (χ1) is 5.74. The molecular weight excluding hydrogens is 150 g/mol. The zero-order chi connectivity index (χ0) is 8.97. The third-order valence-corrected chi connectivity index (χ3v) is 1.63. The van der Waals surface area contributed by atoms with Crippen molar-refractivity contribution < 1.29 is 0 Å². The summed E-state index contributed by atoms with van der Waals surface area (Å²) in [6.07, 6.45) is 4.46. The zero-order valence-electron chi connectivity index (χ0n) is 7.41. The molecule has 1 aromatic rings. The van der Waals surface area contributed by atoms with Gasteiger partial charge in [-0.05, 0) is 12.3 Å². The van der Waals surface area contributed by atoms with E-state index in [9.17, 15) is 0 Å². The first-order valence-corrected chi connectivity index (χ1v) is 3.98. The molecule has 0 spiro atoms. The standard InChI is InChI=1S/C9H13N3/c1-3-8(10)4-5-9-11-6-7-12(9)2/h6-8H,3,10H2,1-2H3. The van der Waals surface area contributed by atoms with Crippen LogP contribution in [0.3, 0.4) is 0 Å². The van der Waals surface area contributed by atoms with E-state index in [4.69, 9.17) is 5.73 Å². The number of imidazole rings is 1. The van der Waals surface area contributed by atoms with Gasteiger partial charge in [0.2, 0.25) is 0 Å². The molecule has 1 rings (SSSR count). The number of aromatic nitrogens is 2. The van der Waals surface area contributed by atoms with Crippen LogP contribution in [0.25, 0.3) is 0 Å². The lowest BCUT2D eigenvalue weighted by Crippen LogP contribution is -2.15. The molecule has 3 heteroatoms. The molecule has 0 aliphatic heterocycles. The fourth-order valence-corrected chi connectivity index (χ4v) is 0.745. The molecule has 64 valence electrons. The van der Waals surface area contributed by atoms with E-state index in [-0.39, 0.29) is 6.04 Å². The number of hydrogen-bond acceptors (Lipinski definition) is 2. The molecule has 0 aromatic carbocycles. The van der Waals surface area contributed by atoms with Crippen molar-refractivity contribution in [2.75, 3.05) is 0 Å². The van der Waals surface area contributed by atoms with Gasteiger partial charge >= 0.3 is 0 Å². The Hall–Kier alpha value is -1.27. The molecule has 0 saturated heterocycles. The Morgan fingerprint density at radius 2 is 2.50 bits per heavy atom. The van der Waals surface area contributed by atoms with Crippen molar-refractivity contribution in [3.63, 3.8) is 0 Å². The SMILES string of the molecule is CCC(N)C#Cc1nccn1C. The zero-order valence-corrected chi connectivity index (χ0v) is 7.41. The second kappa shape index (κ2) is 3.93. The summed E-state index contributed by atoms with van der Waals surface area (Å²) in [6, 6.07) is -0.0401. The van der Waals surface area contributed by atoms with Crippen LogP contribution < -0.4 is 5.73 Å². The highest BCUT2D eigenvalue weighted by molar-refractivity contribution is 5.23. The van der Waals surface area contributed by atoms with Gasteiger partial charge in [0.1, 0.15) is 0 Å². The van der Waals surface area contributed by atoms with Gasteiger partial charge in [-0.25, -0.2) is 4.98 Å². The van der Waals surface area contributed by atoms with E-state index < -0.39 is 0 Å². The number of hydrogen-bond donors (Lipinski definition) is 1. The Labute approximate surface area is 72.6 Å². The number of nitrogens with two attached hydrogens (primary N) is 1. The fraction of sp³-hybridized carbons (Fsp3) is 0.444. The van der Waals surface area contributed by atoms with E-state index in [2.05, 4.69) is 16.8 Å². The van der Waals surface area contributed by atoms with Gasteiger partial charge in [0.05, 0.1) is 6.04 Å². The third-order valence-electron chi connectivity index (χ3n) is 1.63. The van der Waals surface area contributed by atoms with Crippen molar-refractivity contribution in [3.8, 4) is 11.8 Å². The van der Waals surface area contributed by atoms with Crippen LogP contribution in [0.2, 0.25) is 0 Å². The van der Waals surface area contributed by atoms with Crippen molar-refractivity contribution in [2.45, 2.75) is 19.4 Å². The topological polar surface area (TPSA) is 43.8 Å². The second-order valence-electron chi connectivity index (χ2n) is 2.65. The number of aryl methyl sites for hydroxylation is 1. The molecule has 0 fully saturated rings. The monoisotopic (exact) mass is 163 g/mol. The molecule has 1 aromatic heterocycles. The minimum absolute atomic E-state index is 0.0401. The molecule has 1 unspecified atom stereocenters. The van der Waals surface area contributed by atoms with Crippen molar-refractivity contribution in [2.24, 2.45) is 12.8 Å². The van der Waals surface area contributed by atoms with Gasteiger partial charge in [0.25, 0.3) is 0 Å². The first kappa shape index (κ1) is 8.82. The summed E-state index contributed by atoms with van der Waals surface area (Å²) in [6.45, 7) is 2.01. The maximum atomic E-state index is 5.63. The molecule has 3 nitrogen and oxygen atoms in total. The van der Waals surface area contributed by atoms with Crippen LogP contribution in [0, 0.1) is 11.8 Å². The molecule has 0 radical (unpaired) electrons. The summed E-state index contributed by atoms with van der Waals surface area (Å²) >= 11 is 0. The predicted octanol–water partition coefficient (Wildman–Crippen LogP) is 0.509. The molecule has 2 N–H and O–H groups in total. The van der Waals surface area contributed by atoms with Crippen LogP contribution in [0.15, 0.2) is 12.4 Å². The minimum atomic E-state index is -0.0401.